The number of piperazine rings is 1. The van der Waals surface area contributed by atoms with Gasteiger partial charge in [0.15, 0.2) is 0 Å². The van der Waals surface area contributed by atoms with Gasteiger partial charge in [0.25, 0.3) is 0 Å². The van der Waals surface area contributed by atoms with Gasteiger partial charge in [-0.25, -0.2) is 0 Å². The molecule has 1 saturated carbocycles. The fourth-order valence-electron chi connectivity index (χ4n) is 3.42. The largest absolute Gasteiger partial charge is 0.369 e. The molecule has 0 spiro atoms. The molecule has 0 bridgehead atoms. The lowest BCUT2D eigenvalue weighted by atomic mass is 10.1. The number of aryl methyl sites for hydroxylation is 1. The van der Waals surface area contributed by atoms with Crippen LogP contribution in [0.5, 0.6) is 0 Å². The molecule has 0 amide bonds. The lowest BCUT2D eigenvalue weighted by Crippen LogP contribution is -2.49. The highest BCUT2D eigenvalue weighted by Crippen LogP contribution is 2.26. The van der Waals surface area contributed by atoms with Gasteiger partial charge in [0.1, 0.15) is 0 Å². The van der Waals surface area contributed by atoms with Crippen molar-refractivity contribution in [3.8, 4) is 0 Å². The third-order valence-corrected chi connectivity index (χ3v) is 4.49. The summed E-state index contributed by atoms with van der Waals surface area (Å²) >= 11 is 0. The zero-order chi connectivity index (χ0) is 12.4. The molecular formula is C15H23N3. The second kappa shape index (κ2) is 5.27. The van der Waals surface area contributed by atoms with Crippen LogP contribution >= 0.6 is 0 Å². The summed E-state index contributed by atoms with van der Waals surface area (Å²) in [5.41, 5.74) is 2.67. The molecule has 1 aromatic heterocycles. The Balaban J connectivity index is 1.61. The molecule has 2 fully saturated rings. The van der Waals surface area contributed by atoms with Gasteiger partial charge in [0, 0.05) is 50.3 Å². The van der Waals surface area contributed by atoms with Gasteiger partial charge in [-0.05, 0) is 31.4 Å². The Kier molecular flexibility index (Phi) is 3.50. The molecule has 3 heteroatoms. The summed E-state index contributed by atoms with van der Waals surface area (Å²) in [5.74, 6) is 0. The first-order valence-electron chi connectivity index (χ1n) is 7.24. The molecular weight excluding hydrogens is 222 g/mol. The highest BCUT2D eigenvalue weighted by molar-refractivity contribution is 5.51. The summed E-state index contributed by atoms with van der Waals surface area (Å²) in [5, 5.41) is 0. The van der Waals surface area contributed by atoms with E-state index >= 15 is 0 Å². The van der Waals surface area contributed by atoms with E-state index in [0.29, 0.717) is 0 Å². The third-order valence-electron chi connectivity index (χ3n) is 4.49. The van der Waals surface area contributed by atoms with Gasteiger partial charge in [-0.2, -0.15) is 0 Å². The van der Waals surface area contributed by atoms with Gasteiger partial charge in [0.05, 0.1) is 0 Å². The molecule has 1 aliphatic heterocycles. The van der Waals surface area contributed by atoms with Crippen molar-refractivity contribution in [3.05, 3.63) is 24.0 Å². The first kappa shape index (κ1) is 12.0. The fourth-order valence-corrected chi connectivity index (χ4v) is 3.42. The van der Waals surface area contributed by atoms with Gasteiger partial charge in [-0.3, -0.25) is 9.88 Å². The van der Waals surface area contributed by atoms with Gasteiger partial charge in [0.2, 0.25) is 0 Å². The number of hydrogen-bond donors (Lipinski definition) is 0. The van der Waals surface area contributed by atoms with Crippen LogP contribution < -0.4 is 4.90 Å². The molecule has 1 aromatic rings. The second-order valence-electron chi connectivity index (χ2n) is 5.62. The summed E-state index contributed by atoms with van der Waals surface area (Å²) in [6.45, 7) is 6.95. The Hall–Kier alpha value is -1.09. The minimum atomic E-state index is 0.880. The topological polar surface area (TPSA) is 19.4 Å². The highest BCUT2D eigenvalue weighted by Gasteiger charge is 2.26. The number of rotatable bonds is 2. The summed E-state index contributed by atoms with van der Waals surface area (Å²) in [4.78, 5) is 9.41. The molecule has 0 atom stereocenters. The van der Waals surface area contributed by atoms with Gasteiger partial charge in [-0.1, -0.05) is 12.8 Å². The van der Waals surface area contributed by atoms with Crippen molar-refractivity contribution in [2.75, 3.05) is 31.1 Å². The molecule has 0 radical (unpaired) electrons. The average molecular weight is 245 g/mol. The first-order chi connectivity index (χ1) is 8.84. The number of pyridine rings is 1. The monoisotopic (exact) mass is 245 g/mol. The predicted octanol–water partition coefficient (Wildman–Crippen LogP) is 2.45. The van der Waals surface area contributed by atoms with Crippen LogP contribution in [0.1, 0.15) is 31.2 Å². The average Bonchev–Trinajstić information content (AvgIpc) is 2.94. The van der Waals surface area contributed by atoms with Crippen LogP contribution in [0.25, 0.3) is 0 Å². The molecule has 1 saturated heterocycles. The van der Waals surface area contributed by atoms with Crippen LogP contribution in [0.2, 0.25) is 0 Å². The Labute approximate surface area is 110 Å². The summed E-state index contributed by atoms with van der Waals surface area (Å²) in [7, 11) is 0. The lowest BCUT2D eigenvalue weighted by molar-refractivity contribution is 0.187. The van der Waals surface area contributed by atoms with Crippen LogP contribution in [-0.4, -0.2) is 42.1 Å². The van der Waals surface area contributed by atoms with E-state index in [1.165, 1.54) is 63.1 Å². The zero-order valence-corrected chi connectivity index (χ0v) is 11.3. The number of anilines is 1. The second-order valence-corrected chi connectivity index (χ2v) is 5.62. The molecule has 0 N–H and O–H groups in total. The number of aromatic nitrogens is 1. The van der Waals surface area contributed by atoms with Crippen LogP contribution in [0.4, 0.5) is 5.69 Å². The summed E-state index contributed by atoms with van der Waals surface area (Å²) in [6.07, 6.45) is 9.61. The highest BCUT2D eigenvalue weighted by atomic mass is 15.3. The van der Waals surface area contributed by atoms with E-state index in [9.17, 15) is 0 Å². The van der Waals surface area contributed by atoms with Gasteiger partial charge in [-0.15, -0.1) is 0 Å². The quantitative estimate of drug-likeness (QED) is 0.798. The van der Waals surface area contributed by atoms with Crippen LogP contribution in [0, 0.1) is 6.92 Å². The van der Waals surface area contributed by atoms with E-state index in [0.717, 1.165) is 6.04 Å². The Morgan fingerprint density at radius 2 is 1.83 bits per heavy atom. The predicted molar refractivity (Wildman–Crippen MR) is 75.0 cm³/mol. The fraction of sp³-hybridized carbons (Fsp3) is 0.667. The third kappa shape index (κ3) is 2.37. The molecule has 0 aromatic carbocycles. The summed E-state index contributed by atoms with van der Waals surface area (Å²) in [6, 6.07) is 3.03. The molecule has 1 aliphatic carbocycles. The number of nitrogens with zero attached hydrogens (tertiary/aromatic N) is 3. The molecule has 3 nitrogen and oxygen atoms in total. The minimum absolute atomic E-state index is 0.880. The maximum absolute atomic E-state index is 4.18. The van der Waals surface area contributed by atoms with E-state index in [2.05, 4.69) is 27.8 Å². The Morgan fingerprint density at radius 1 is 1.11 bits per heavy atom. The van der Waals surface area contributed by atoms with Crippen molar-refractivity contribution in [1.82, 2.24) is 9.88 Å². The van der Waals surface area contributed by atoms with Crippen molar-refractivity contribution in [2.24, 2.45) is 0 Å². The van der Waals surface area contributed by atoms with Crippen LogP contribution in [-0.2, 0) is 0 Å². The molecule has 3 rings (SSSR count). The normalized spacial score (nSPS) is 22.6. The SMILES string of the molecule is Cc1cnccc1N1CCN(C2CCCC2)CC1. The molecule has 2 heterocycles. The van der Waals surface area contributed by atoms with Crippen LogP contribution in [0.3, 0.4) is 0 Å². The van der Waals surface area contributed by atoms with Gasteiger partial charge >= 0.3 is 0 Å². The van der Waals surface area contributed by atoms with E-state index in [1.54, 1.807) is 0 Å². The lowest BCUT2D eigenvalue weighted by Gasteiger charge is -2.39. The molecule has 18 heavy (non-hydrogen) atoms. The van der Waals surface area contributed by atoms with Crippen molar-refractivity contribution in [3.63, 3.8) is 0 Å². The maximum atomic E-state index is 4.18. The Bertz CT molecular complexity index is 390. The maximum Gasteiger partial charge on any atom is 0.0427 e. The molecule has 98 valence electrons. The van der Waals surface area contributed by atoms with Crippen molar-refractivity contribution in [1.29, 1.82) is 0 Å². The van der Waals surface area contributed by atoms with E-state index < -0.39 is 0 Å². The summed E-state index contributed by atoms with van der Waals surface area (Å²) < 4.78 is 0. The minimum Gasteiger partial charge on any atom is -0.369 e. The van der Waals surface area contributed by atoms with Crippen LogP contribution in [0.15, 0.2) is 18.5 Å². The van der Waals surface area contributed by atoms with E-state index in [4.69, 9.17) is 0 Å². The van der Waals surface area contributed by atoms with Crippen molar-refractivity contribution >= 4 is 5.69 Å². The van der Waals surface area contributed by atoms with Crippen molar-refractivity contribution < 1.29 is 0 Å². The first-order valence-corrected chi connectivity index (χ1v) is 7.24. The van der Waals surface area contributed by atoms with Gasteiger partial charge < -0.3 is 4.90 Å². The van der Waals surface area contributed by atoms with E-state index in [1.807, 2.05) is 12.4 Å². The molecule has 0 unspecified atom stereocenters. The van der Waals surface area contributed by atoms with Crippen molar-refractivity contribution in [2.45, 2.75) is 38.6 Å². The number of hydrogen-bond acceptors (Lipinski definition) is 3. The standard InChI is InChI=1S/C15H23N3/c1-13-12-16-7-6-15(13)18-10-8-17(9-11-18)14-4-2-3-5-14/h6-7,12,14H,2-5,8-11H2,1H3. The smallest absolute Gasteiger partial charge is 0.0427 e. The molecule has 2 aliphatic rings. The zero-order valence-electron chi connectivity index (χ0n) is 11.3. The van der Waals surface area contributed by atoms with E-state index in [-0.39, 0.29) is 0 Å². The Morgan fingerprint density at radius 3 is 2.50 bits per heavy atom.